The van der Waals surface area contributed by atoms with Crippen LogP contribution >= 0.6 is 0 Å². The number of hydrogen-bond donors (Lipinski definition) is 1. The largest absolute Gasteiger partial charge is 0.338 e. The summed E-state index contributed by atoms with van der Waals surface area (Å²) in [7, 11) is 0. The lowest BCUT2D eigenvalue weighted by atomic mass is 9.93. The average molecular weight is 369 g/mol. The molecule has 3 rings (SSSR count). The second-order valence-corrected chi connectivity index (χ2v) is 7.24. The van der Waals surface area contributed by atoms with Crippen LogP contribution in [0.25, 0.3) is 0 Å². The van der Waals surface area contributed by atoms with E-state index in [2.05, 4.69) is 10.3 Å². The molecule has 0 saturated carbocycles. The number of halogens is 1. The number of nitrogens with zero attached hydrogens (tertiary/aromatic N) is 2. The van der Waals surface area contributed by atoms with Crippen LogP contribution in [0, 0.1) is 11.7 Å². The first-order valence-electron chi connectivity index (χ1n) is 9.83. The van der Waals surface area contributed by atoms with Gasteiger partial charge >= 0.3 is 0 Å². The Hall–Kier alpha value is -2.27. The highest BCUT2D eigenvalue weighted by atomic mass is 19.1. The Morgan fingerprint density at radius 2 is 1.93 bits per heavy atom. The highest BCUT2D eigenvalue weighted by Gasteiger charge is 2.18. The van der Waals surface area contributed by atoms with E-state index in [1.807, 2.05) is 23.1 Å². The second-order valence-electron chi connectivity index (χ2n) is 7.24. The van der Waals surface area contributed by atoms with E-state index >= 15 is 0 Å². The molecule has 0 spiro atoms. The molecule has 1 aliphatic rings. The van der Waals surface area contributed by atoms with Gasteiger partial charge in [0.15, 0.2) is 0 Å². The van der Waals surface area contributed by atoms with Crippen molar-refractivity contribution in [3.63, 3.8) is 0 Å². The lowest BCUT2D eigenvalue weighted by molar-refractivity contribution is -0.132. The van der Waals surface area contributed by atoms with Gasteiger partial charge in [0.2, 0.25) is 5.91 Å². The number of carbonyl (C=O) groups excluding carboxylic acids is 1. The van der Waals surface area contributed by atoms with E-state index in [1.54, 1.807) is 18.3 Å². The first-order valence-corrected chi connectivity index (χ1v) is 9.83. The quantitative estimate of drug-likeness (QED) is 0.774. The van der Waals surface area contributed by atoms with E-state index in [9.17, 15) is 9.18 Å². The molecule has 4 nitrogen and oxygen atoms in total. The van der Waals surface area contributed by atoms with Gasteiger partial charge in [-0.3, -0.25) is 9.78 Å². The summed E-state index contributed by atoms with van der Waals surface area (Å²) in [5.41, 5.74) is 1.93. The molecule has 0 radical (unpaired) electrons. The predicted molar refractivity (Wildman–Crippen MR) is 105 cm³/mol. The van der Waals surface area contributed by atoms with E-state index in [-0.39, 0.29) is 11.7 Å². The lowest BCUT2D eigenvalue weighted by Crippen LogP contribution is -2.33. The Morgan fingerprint density at radius 3 is 2.63 bits per heavy atom. The molecule has 0 aliphatic carbocycles. The maximum atomic E-state index is 13.2. The van der Waals surface area contributed by atoms with Gasteiger partial charge < -0.3 is 10.2 Å². The summed E-state index contributed by atoms with van der Waals surface area (Å²) in [5.74, 6) is 0.559. The minimum absolute atomic E-state index is 0.175. The molecule has 2 heterocycles. The number of pyridine rings is 1. The van der Waals surface area contributed by atoms with Gasteiger partial charge in [-0.05, 0) is 68.1 Å². The molecule has 5 heteroatoms. The van der Waals surface area contributed by atoms with E-state index in [0.717, 1.165) is 50.0 Å². The van der Waals surface area contributed by atoms with Gasteiger partial charge in [-0.1, -0.05) is 18.2 Å². The fraction of sp³-hybridized carbons (Fsp3) is 0.455. The van der Waals surface area contributed by atoms with Crippen molar-refractivity contribution in [3.05, 3.63) is 65.7 Å². The summed E-state index contributed by atoms with van der Waals surface area (Å²) in [4.78, 5) is 19.1. The third-order valence-electron chi connectivity index (χ3n) is 5.23. The Kier molecular flexibility index (Phi) is 7.34. The second kappa shape index (κ2) is 10.2. The van der Waals surface area contributed by atoms with E-state index < -0.39 is 0 Å². The molecule has 1 saturated heterocycles. The highest BCUT2D eigenvalue weighted by Crippen LogP contribution is 2.19. The van der Waals surface area contributed by atoms with Crippen LogP contribution in [0.4, 0.5) is 4.39 Å². The van der Waals surface area contributed by atoms with Gasteiger partial charge in [-0.25, -0.2) is 4.39 Å². The molecule has 1 aromatic heterocycles. The van der Waals surface area contributed by atoms with Gasteiger partial charge in [-0.15, -0.1) is 0 Å². The fourth-order valence-corrected chi connectivity index (χ4v) is 3.55. The van der Waals surface area contributed by atoms with Gasteiger partial charge in [0, 0.05) is 37.8 Å². The maximum absolute atomic E-state index is 13.2. The number of hydrogen-bond acceptors (Lipinski definition) is 3. The maximum Gasteiger partial charge on any atom is 0.222 e. The SMILES string of the molecule is O=C(CCC1CCNCC1)N(CCc1ccccn1)Cc1ccc(F)cc1. The summed E-state index contributed by atoms with van der Waals surface area (Å²) in [6, 6.07) is 12.2. The van der Waals surface area contributed by atoms with Crippen LogP contribution in [0.3, 0.4) is 0 Å². The van der Waals surface area contributed by atoms with Crippen molar-refractivity contribution in [1.82, 2.24) is 15.2 Å². The number of benzene rings is 1. The predicted octanol–water partition coefficient (Wildman–Crippen LogP) is 3.57. The summed E-state index contributed by atoms with van der Waals surface area (Å²) in [6.45, 7) is 3.24. The molecule has 0 atom stereocenters. The van der Waals surface area contributed by atoms with Crippen molar-refractivity contribution < 1.29 is 9.18 Å². The van der Waals surface area contributed by atoms with Gasteiger partial charge in [0.05, 0.1) is 0 Å². The minimum Gasteiger partial charge on any atom is -0.338 e. The van der Waals surface area contributed by atoms with Crippen LogP contribution in [0.2, 0.25) is 0 Å². The van der Waals surface area contributed by atoms with Crippen LogP contribution in [-0.2, 0) is 17.8 Å². The molecular formula is C22H28FN3O. The van der Waals surface area contributed by atoms with Gasteiger partial charge in [0.25, 0.3) is 0 Å². The first-order chi connectivity index (χ1) is 13.2. The third-order valence-corrected chi connectivity index (χ3v) is 5.23. The topological polar surface area (TPSA) is 45.2 Å². The smallest absolute Gasteiger partial charge is 0.222 e. The van der Waals surface area contributed by atoms with Crippen molar-refractivity contribution in [2.24, 2.45) is 5.92 Å². The zero-order valence-corrected chi connectivity index (χ0v) is 15.7. The van der Waals surface area contributed by atoms with Crippen molar-refractivity contribution in [2.45, 2.75) is 38.6 Å². The number of carbonyl (C=O) groups is 1. The van der Waals surface area contributed by atoms with Gasteiger partial charge in [-0.2, -0.15) is 0 Å². The highest BCUT2D eigenvalue weighted by molar-refractivity contribution is 5.76. The van der Waals surface area contributed by atoms with Crippen LogP contribution in [0.1, 0.15) is 36.9 Å². The monoisotopic (exact) mass is 369 g/mol. The number of piperidine rings is 1. The average Bonchev–Trinajstić information content (AvgIpc) is 2.72. The first kappa shape index (κ1) is 19.5. The molecule has 2 aromatic rings. The standard InChI is InChI=1S/C22H28FN3O/c23-20-7-4-19(5-8-20)17-26(16-12-21-3-1-2-13-25-21)22(27)9-6-18-10-14-24-15-11-18/h1-5,7-8,13,18,24H,6,9-12,14-17H2. The van der Waals surface area contributed by atoms with E-state index in [4.69, 9.17) is 0 Å². The molecule has 1 N–H and O–H groups in total. The molecular weight excluding hydrogens is 341 g/mol. The summed E-state index contributed by atoms with van der Waals surface area (Å²) < 4.78 is 13.2. The number of amides is 1. The molecule has 144 valence electrons. The fourth-order valence-electron chi connectivity index (χ4n) is 3.55. The zero-order chi connectivity index (χ0) is 18.9. The molecule has 0 bridgehead atoms. The van der Waals surface area contributed by atoms with E-state index in [0.29, 0.717) is 25.4 Å². The van der Waals surface area contributed by atoms with Crippen molar-refractivity contribution in [1.29, 1.82) is 0 Å². The summed E-state index contributed by atoms with van der Waals surface area (Å²) in [6.07, 6.45) is 6.33. The zero-order valence-electron chi connectivity index (χ0n) is 15.7. The Balaban J connectivity index is 1.60. The van der Waals surface area contributed by atoms with Crippen LogP contribution in [0.5, 0.6) is 0 Å². The molecule has 1 amide bonds. The molecule has 27 heavy (non-hydrogen) atoms. The summed E-state index contributed by atoms with van der Waals surface area (Å²) in [5, 5.41) is 3.37. The Labute approximate surface area is 160 Å². The third kappa shape index (κ3) is 6.43. The Morgan fingerprint density at radius 1 is 1.15 bits per heavy atom. The molecule has 1 aliphatic heterocycles. The minimum atomic E-state index is -0.254. The normalized spacial score (nSPS) is 14.9. The van der Waals surface area contributed by atoms with Crippen LogP contribution < -0.4 is 5.32 Å². The van der Waals surface area contributed by atoms with Crippen molar-refractivity contribution in [2.75, 3.05) is 19.6 Å². The molecule has 1 fully saturated rings. The lowest BCUT2D eigenvalue weighted by Gasteiger charge is -2.26. The van der Waals surface area contributed by atoms with Crippen LogP contribution in [0.15, 0.2) is 48.7 Å². The molecule has 1 aromatic carbocycles. The number of aromatic nitrogens is 1. The molecule has 0 unspecified atom stereocenters. The number of rotatable bonds is 8. The number of nitrogens with one attached hydrogen (secondary N) is 1. The van der Waals surface area contributed by atoms with Crippen molar-refractivity contribution in [3.8, 4) is 0 Å². The van der Waals surface area contributed by atoms with E-state index in [1.165, 1.54) is 12.1 Å². The summed E-state index contributed by atoms with van der Waals surface area (Å²) >= 11 is 0. The van der Waals surface area contributed by atoms with Crippen LogP contribution in [-0.4, -0.2) is 35.4 Å². The Bertz CT molecular complexity index is 699. The van der Waals surface area contributed by atoms with Gasteiger partial charge in [0.1, 0.15) is 5.82 Å². The van der Waals surface area contributed by atoms with Crippen molar-refractivity contribution >= 4 is 5.91 Å².